The largest absolute Gasteiger partial charge is 0.392 e. The van der Waals surface area contributed by atoms with Crippen LogP contribution in [0.2, 0.25) is 5.02 Å². The first-order chi connectivity index (χ1) is 12.0. The number of carbonyl (C=O) groups is 1. The number of nitrogens with zero attached hydrogens (tertiary/aromatic N) is 2. The third kappa shape index (κ3) is 4.29. The van der Waals surface area contributed by atoms with Crippen molar-refractivity contribution >= 4 is 40.2 Å². The van der Waals surface area contributed by atoms with Crippen LogP contribution < -0.4 is 10.6 Å². The van der Waals surface area contributed by atoms with Gasteiger partial charge >= 0.3 is 0 Å². The van der Waals surface area contributed by atoms with Crippen molar-refractivity contribution in [3.8, 4) is 0 Å². The molecule has 3 aromatic rings. The summed E-state index contributed by atoms with van der Waals surface area (Å²) < 4.78 is 1.79. The summed E-state index contributed by atoms with van der Waals surface area (Å²) in [5.74, 6) is 0.374. The van der Waals surface area contributed by atoms with Crippen LogP contribution in [0.3, 0.4) is 0 Å². The van der Waals surface area contributed by atoms with E-state index in [2.05, 4.69) is 15.6 Å². The van der Waals surface area contributed by atoms with E-state index in [1.54, 1.807) is 35.8 Å². The lowest BCUT2D eigenvalue weighted by Crippen LogP contribution is -2.22. The second kappa shape index (κ2) is 7.55. The van der Waals surface area contributed by atoms with E-state index in [0.29, 0.717) is 23.2 Å². The number of carbonyl (C=O) groups excluding carboxylic acids is 1. The van der Waals surface area contributed by atoms with E-state index in [0.717, 1.165) is 11.0 Å². The van der Waals surface area contributed by atoms with Gasteiger partial charge in [-0.05, 0) is 43.3 Å². The lowest BCUT2D eigenvalue weighted by molar-refractivity contribution is -0.116. The summed E-state index contributed by atoms with van der Waals surface area (Å²) >= 11 is 5.86. The topological polar surface area (TPSA) is 79.2 Å². The van der Waals surface area contributed by atoms with Gasteiger partial charge in [-0.25, -0.2) is 4.98 Å². The molecule has 0 aliphatic carbocycles. The van der Waals surface area contributed by atoms with E-state index in [-0.39, 0.29) is 12.5 Å². The van der Waals surface area contributed by atoms with Gasteiger partial charge in [-0.15, -0.1) is 0 Å². The molecule has 130 valence electrons. The predicted octanol–water partition coefficient (Wildman–Crippen LogP) is 3.12. The molecule has 1 aromatic heterocycles. The molecule has 0 fully saturated rings. The van der Waals surface area contributed by atoms with Crippen LogP contribution in [0.25, 0.3) is 11.0 Å². The molecule has 1 heterocycles. The zero-order chi connectivity index (χ0) is 17.8. The van der Waals surface area contributed by atoms with E-state index in [9.17, 15) is 9.90 Å². The van der Waals surface area contributed by atoms with Crippen LogP contribution in [0.4, 0.5) is 11.6 Å². The fourth-order valence-electron chi connectivity index (χ4n) is 2.49. The zero-order valence-electron chi connectivity index (χ0n) is 13.7. The Balaban J connectivity index is 1.82. The molecule has 0 saturated carbocycles. The molecule has 0 aliphatic rings. The van der Waals surface area contributed by atoms with Crippen molar-refractivity contribution in [2.24, 2.45) is 0 Å². The van der Waals surface area contributed by atoms with Crippen LogP contribution >= 0.6 is 11.6 Å². The number of halogens is 1. The first-order valence-electron chi connectivity index (χ1n) is 7.95. The number of para-hydroxylation sites is 2. The number of nitrogens with one attached hydrogen (secondary N) is 2. The molecule has 0 radical (unpaired) electrons. The summed E-state index contributed by atoms with van der Waals surface area (Å²) in [5.41, 5.74) is 2.31. The molecule has 25 heavy (non-hydrogen) atoms. The monoisotopic (exact) mass is 358 g/mol. The number of hydrogen-bond donors (Lipinski definition) is 3. The van der Waals surface area contributed by atoms with Crippen LogP contribution in [0, 0.1) is 0 Å². The quantitative estimate of drug-likeness (QED) is 0.632. The Morgan fingerprint density at radius 1 is 1.24 bits per heavy atom. The number of fused-ring (bicyclic) bond motifs is 1. The Labute approximate surface area is 150 Å². The van der Waals surface area contributed by atoms with Gasteiger partial charge in [0.05, 0.1) is 17.1 Å². The molecule has 3 N–H and O–H groups in total. The second-order valence-corrected chi connectivity index (χ2v) is 6.23. The number of hydrogen-bond acceptors (Lipinski definition) is 4. The van der Waals surface area contributed by atoms with Gasteiger partial charge in [0, 0.05) is 17.3 Å². The van der Waals surface area contributed by atoms with Crippen molar-refractivity contribution in [1.82, 2.24) is 9.55 Å². The molecule has 3 rings (SSSR count). The number of imidazole rings is 1. The molecule has 0 spiro atoms. The highest BCUT2D eigenvalue weighted by Crippen LogP contribution is 2.20. The number of benzene rings is 2. The average Bonchev–Trinajstić information content (AvgIpc) is 2.93. The summed E-state index contributed by atoms with van der Waals surface area (Å²) in [4.78, 5) is 16.9. The first kappa shape index (κ1) is 17.3. The van der Waals surface area contributed by atoms with Gasteiger partial charge in [0.15, 0.2) is 0 Å². The van der Waals surface area contributed by atoms with Crippen molar-refractivity contribution in [2.75, 3.05) is 17.2 Å². The Kier molecular flexibility index (Phi) is 5.21. The van der Waals surface area contributed by atoms with Crippen molar-refractivity contribution in [1.29, 1.82) is 0 Å². The SMILES string of the molecule is C[C@H](O)CNc1nc2ccccc2n1CC(=O)Nc1ccc(Cl)cc1. The van der Waals surface area contributed by atoms with Gasteiger partial charge in [0.1, 0.15) is 6.54 Å². The number of aromatic nitrogens is 2. The van der Waals surface area contributed by atoms with Crippen molar-refractivity contribution in [3.05, 3.63) is 53.6 Å². The average molecular weight is 359 g/mol. The van der Waals surface area contributed by atoms with Gasteiger partial charge in [-0.3, -0.25) is 4.79 Å². The molecule has 7 heteroatoms. The van der Waals surface area contributed by atoms with Crippen LogP contribution in [0.5, 0.6) is 0 Å². The van der Waals surface area contributed by atoms with E-state index >= 15 is 0 Å². The lowest BCUT2D eigenvalue weighted by Gasteiger charge is -2.12. The lowest BCUT2D eigenvalue weighted by atomic mass is 10.3. The van der Waals surface area contributed by atoms with Crippen LogP contribution in [0.15, 0.2) is 48.5 Å². The number of aliphatic hydroxyl groups excluding tert-OH is 1. The molecular weight excluding hydrogens is 340 g/mol. The minimum atomic E-state index is -0.517. The summed E-state index contributed by atoms with van der Waals surface area (Å²) in [6.07, 6.45) is -0.517. The second-order valence-electron chi connectivity index (χ2n) is 5.80. The fraction of sp³-hybridized carbons (Fsp3) is 0.222. The molecule has 0 saturated heterocycles. The number of aliphatic hydroxyl groups is 1. The molecule has 1 atom stereocenters. The summed E-state index contributed by atoms with van der Waals surface area (Å²) in [7, 11) is 0. The standard InChI is InChI=1S/C18H19ClN4O2/c1-12(24)10-20-18-22-15-4-2-3-5-16(15)23(18)11-17(25)21-14-8-6-13(19)7-9-14/h2-9,12,24H,10-11H2,1H3,(H,20,22)(H,21,25)/t12-/m0/s1. The number of rotatable bonds is 6. The van der Waals surface area contributed by atoms with Gasteiger partial charge in [0.2, 0.25) is 11.9 Å². The van der Waals surface area contributed by atoms with Crippen LogP contribution in [-0.2, 0) is 11.3 Å². The maximum absolute atomic E-state index is 12.4. The Hall–Kier alpha value is -2.57. The first-order valence-corrected chi connectivity index (χ1v) is 8.33. The molecule has 2 aromatic carbocycles. The molecule has 1 amide bonds. The fourth-order valence-corrected chi connectivity index (χ4v) is 2.61. The third-order valence-corrected chi connectivity index (χ3v) is 3.89. The smallest absolute Gasteiger partial charge is 0.244 e. The van der Waals surface area contributed by atoms with Gasteiger partial charge in [-0.1, -0.05) is 23.7 Å². The maximum atomic E-state index is 12.4. The Morgan fingerprint density at radius 3 is 2.68 bits per heavy atom. The molecule has 0 aliphatic heterocycles. The summed E-state index contributed by atoms with van der Waals surface area (Å²) in [6, 6.07) is 14.5. The van der Waals surface area contributed by atoms with Gasteiger partial charge in [0.25, 0.3) is 0 Å². The highest BCUT2D eigenvalue weighted by atomic mass is 35.5. The number of amides is 1. The minimum Gasteiger partial charge on any atom is -0.392 e. The van der Waals surface area contributed by atoms with Crippen molar-refractivity contribution < 1.29 is 9.90 Å². The molecule has 0 unspecified atom stereocenters. The summed E-state index contributed by atoms with van der Waals surface area (Å²) in [6.45, 7) is 2.14. The van der Waals surface area contributed by atoms with Gasteiger partial charge in [-0.2, -0.15) is 0 Å². The van der Waals surface area contributed by atoms with Crippen LogP contribution in [0.1, 0.15) is 6.92 Å². The Bertz CT molecular complexity index is 874. The van der Waals surface area contributed by atoms with E-state index in [1.165, 1.54) is 0 Å². The van der Waals surface area contributed by atoms with Crippen molar-refractivity contribution in [3.63, 3.8) is 0 Å². The van der Waals surface area contributed by atoms with Crippen LogP contribution in [-0.4, -0.2) is 33.2 Å². The minimum absolute atomic E-state index is 0.102. The molecular formula is C18H19ClN4O2. The maximum Gasteiger partial charge on any atom is 0.244 e. The van der Waals surface area contributed by atoms with Gasteiger partial charge < -0.3 is 20.3 Å². The van der Waals surface area contributed by atoms with E-state index < -0.39 is 6.10 Å². The number of anilines is 2. The summed E-state index contributed by atoms with van der Waals surface area (Å²) in [5, 5.41) is 16.0. The van der Waals surface area contributed by atoms with E-state index in [1.807, 2.05) is 24.3 Å². The normalized spacial score (nSPS) is 12.1. The third-order valence-electron chi connectivity index (χ3n) is 3.64. The molecule has 6 nitrogen and oxygen atoms in total. The highest BCUT2D eigenvalue weighted by Gasteiger charge is 2.14. The zero-order valence-corrected chi connectivity index (χ0v) is 14.5. The van der Waals surface area contributed by atoms with E-state index in [4.69, 9.17) is 11.6 Å². The predicted molar refractivity (Wildman–Crippen MR) is 100.0 cm³/mol. The Morgan fingerprint density at radius 2 is 1.96 bits per heavy atom. The molecule has 0 bridgehead atoms. The van der Waals surface area contributed by atoms with Crippen molar-refractivity contribution in [2.45, 2.75) is 19.6 Å². The highest BCUT2D eigenvalue weighted by molar-refractivity contribution is 6.30.